The van der Waals surface area contributed by atoms with Gasteiger partial charge in [-0.25, -0.2) is 8.42 Å². The Morgan fingerprint density at radius 2 is 1.88 bits per heavy atom. The first kappa shape index (κ1) is 18.2. The molecule has 26 heavy (non-hydrogen) atoms. The number of nitrogens with zero attached hydrogens (tertiary/aromatic N) is 1. The molecule has 7 nitrogen and oxygen atoms in total. The van der Waals surface area contributed by atoms with Gasteiger partial charge in [0.15, 0.2) is 0 Å². The minimum absolute atomic E-state index is 0.0155. The predicted octanol–water partition coefficient (Wildman–Crippen LogP) is 2.57. The number of aliphatic imine (C=N–C) groups is 1. The maximum absolute atomic E-state index is 12.5. The average molecular weight is 393 g/mol. The Bertz CT molecular complexity index is 943. The van der Waals surface area contributed by atoms with Gasteiger partial charge in [0.05, 0.1) is 4.90 Å². The van der Waals surface area contributed by atoms with Gasteiger partial charge in [-0.05, 0) is 48.9 Å². The molecule has 0 radical (unpaired) electrons. The van der Waals surface area contributed by atoms with Crippen molar-refractivity contribution < 1.29 is 13.2 Å². The zero-order valence-electron chi connectivity index (χ0n) is 13.7. The SMILES string of the molecule is O=C(NNC1=NCCC1)c1cccc(S(=O)(=O)Nc2ccc(Cl)cc2)c1. The van der Waals surface area contributed by atoms with Crippen LogP contribution in [0.2, 0.25) is 5.02 Å². The summed E-state index contributed by atoms with van der Waals surface area (Å²) < 4.78 is 27.5. The van der Waals surface area contributed by atoms with Crippen molar-refractivity contribution >= 4 is 39.1 Å². The fourth-order valence-electron chi connectivity index (χ4n) is 2.38. The molecule has 0 bridgehead atoms. The predicted molar refractivity (Wildman–Crippen MR) is 101 cm³/mol. The van der Waals surface area contributed by atoms with E-state index < -0.39 is 15.9 Å². The Labute approximate surface area is 156 Å². The van der Waals surface area contributed by atoms with Crippen molar-refractivity contribution in [3.63, 3.8) is 0 Å². The number of anilines is 1. The molecule has 0 saturated heterocycles. The number of hydrazine groups is 1. The molecule has 1 aliphatic heterocycles. The highest BCUT2D eigenvalue weighted by Gasteiger charge is 2.17. The monoisotopic (exact) mass is 392 g/mol. The Balaban J connectivity index is 1.72. The molecule has 9 heteroatoms. The lowest BCUT2D eigenvalue weighted by Crippen LogP contribution is -2.41. The molecule has 0 atom stereocenters. The number of halogens is 1. The number of amides is 1. The van der Waals surface area contributed by atoms with Crippen LogP contribution in [-0.2, 0) is 10.0 Å². The molecule has 0 saturated carbocycles. The average Bonchev–Trinajstić information content (AvgIpc) is 3.15. The van der Waals surface area contributed by atoms with Crippen LogP contribution < -0.4 is 15.6 Å². The van der Waals surface area contributed by atoms with E-state index in [1.54, 1.807) is 24.3 Å². The highest BCUT2D eigenvalue weighted by Crippen LogP contribution is 2.19. The minimum Gasteiger partial charge on any atom is -0.285 e. The Hall–Kier alpha value is -2.58. The summed E-state index contributed by atoms with van der Waals surface area (Å²) in [5.41, 5.74) is 5.88. The van der Waals surface area contributed by atoms with Crippen molar-refractivity contribution in [1.82, 2.24) is 10.9 Å². The summed E-state index contributed by atoms with van der Waals surface area (Å²) in [7, 11) is -3.83. The van der Waals surface area contributed by atoms with Gasteiger partial charge in [-0.3, -0.25) is 25.4 Å². The molecular weight excluding hydrogens is 376 g/mol. The fourth-order valence-corrected chi connectivity index (χ4v) is 3.61. The molecule has 0 spiro atoms. The minimum atomic E-state index is -3.83. The third-order valence-electron chi connectivity index (χ3n) is 3.70. The summed E-state index contributed by atoms with van der Waals surface area (Å²) in [6, 6.07) is 12.1. The molecule has 3 N–H and O–H groups in total. The van der Waals surface area contributed by atoms with Crippen LogP contribution in [-0.4, -0.2) is 26.7 Å². The largest absolute Gasteiger partial charge is 0.285 e. The molecule has 0 unspecified atom stereocenters. The Morgan fingerprint density at radius 3 is 2.58 bits per heavy atom. The van der Waals surface area contributed by atoms with Gasteiger partial charge in [0.25, 0.3) is 15.9 Å². The van der Waals surface area contributed by atoms with Crippen molar-refractivity contribution in [1.29, 1.82) is 0 Å². The zero-order valence-corrected chi connectivity index (χ0v) is 15.3. The van der Waals surface area contributed by atoms with Gasteiger partial charge in [-0.2, -0.15) is 0 Å². The lowest BCUT2D eigenvalue weighted by molar-refractivity contribution is 0.0943. The van der Waals surface area contributed by atoms with Crippen LogP contribution in [0.1, 0.15) is 23.2 Å². The third kappa shape index (κ3) is 4.53. The van der Waals surface area contributed by atoms with E-state index in [1.165, 1.54) is 24.3 Å². The van der Waals surface area contributed by atoms with Gasteiger partial charge in [-0.15, -0.1) is 0 Å². The summed E-state index contributed by atoms with van der Waals surface area (Å²) in [5.74, 6) is 0.273. The first-order valence-corrected chi connectivity index (χ1v) is 9.78. The van der Waals surface area contributed by atoms with Crippen LogP contribution in [0.15, 0.2) is 58.4 Å². The summed E-state index contributed by atoms with van der Waals surface area (Å²) in [6.07, 6.45) is 1.72. The molecular formula is C17H17ClN4O3S. The van der Waals surface area contributed by atoms with E-state index in [4.69, 9.17) is 11.6 Å². The van der Waals surface area contributed by atoms with Gasteiger partial charge < -0.3 is 0 Å². The van der Waals surface area contributed by atoms with Crippen LogP contribution in [0.4, 0.5) is 5.69 Å². The molecule has 2 aromatic carbocycles. The molecule has 0 aromatic heterocycles. The summed E-state index contributed by atoms with van der Waals surface area (Å²) in [6.45, 7) is 0.738. The zero-order chi connectivity index (χ0) is 18.6. The second kappa shape index (κ2) is 7.76. The van der Waals surface area contributed by atoms with Gasteiger partial charge in [-0.1, -0.05) is 17.7 Å². The van der Waals surface area contributed by atoms with Crippen LogP contribution in [0.25, 0.3) is 0 Å². The van der Waals surface area contributed by atoms with Crippen molar-refractivity contribution in [2.24, 2.45) is 4.99 Å². The number of sulfonamides is 1. The van der Waals surface area contributed by atoms with E-state index in [0.29, 0.717) is 16.5 Å². The van der Waals surface area contributed by atoms with Crippen molar-refractivity contribution in [3.05, 3.63) is 59.1 Å². The third-order valence-corrected chi connectivity index (χ3v) is 5.33. The molecule has 1 heterocycles. The number of rotatable bonds is 4. The van der Waals surface area contributed by atoms with E-state index in [9.17, 15) is 13.2 Å². The summed E-state index contributed by atoms with van der Waals surface area (Å²) in [5, 5.41) is 0.506. The van der Waals surface area contributed by atoms with Gasteiger partial charge in [0.1, 0.15) is 5.84 Å². The van der Waals surface area contributed by atoms with E-state index in [1.807, 2.05) is 0 Å². The van der Waals surface area contributed by atoms with Crippen LogP contribution in [0.3, 0.4) is 0 Å². The van der Waals surface area contributed by atoms with Crippen LogP contribution in [0.5, 0.6) is 0 Å². The molecule has 0 aliphatic carbocycles. The molecule has 1 aliphatic rings. The smallest absolute Gasteiger partial charge is 0.269 e. The van der Waals surface area contributed by atoms with E-state index in [-0.39, 0.29) is 10.5 Å². The summed E-state index contributed by atoms with van der Waals surface area (Å²) in [4.78, 5) is 16.4. The normalized spacial score (nSPS) is 13.8. The fraction of sp³-hybridized carbons (Fsp3) is 0.176. The summed E-state index contributed by atoms with van der Waals surface area (Å²) >= 11 is 5.80. The second-order valence-electron chi connectivity index (χ2n) is 5.65. The van der Waals surface area contributed by atoms with E-state index in [0.717, 1.165) is 19.4 Å². The molecule has 0 fully saturated rings. The van der Waals surface area contributed by atoms with Crippen LogP contribution >= 0.6 is 11.6 Å². The van der Waals surface area contributed by atoms with Crippen molar-refractivity contribution in [2.45, 2.75) is 17.7 Å². The number of hydrogen-bond acceptors (Lipinski definition) is 5. The van der Waals surface area contributed by atoms with Crippen molar-refractivity contribution in [3.8, 4) is 0 Å². The Morgan fingerprint density at radius 1 is 1.12 bits per heavy atom. The first-order valence-electron chi connectivity index (χ1n) is 7.92. The number of hydrogen-bond donors (Lipinski definition) is 3. The highest BCUT2D eigenvalue weighted by atomic mass is 35.5. The highest BCUT2D eigenvalue weighted by molar-refractivity contribution is 7.92. The van der Waals surface area contributed by atoms with E-state index in [2.05, 4.69) is 20.6 Å². The number of amidine groups is 1. The van der Waals surface area contributed by atoms with Gasteiger partial charge in [0.2, 0.25) is 0 Å². The molecule has 1 amide bonds. The maximum atomic E-state index is 12.5. The number of benzene rings is 2. The molecule has 2 aromatic rings. The van der Waals surface area contributed by atoms with Crippen LogP contribution in [0, 0.1) is 0 Å². The van der Waals surface area contributed by atoms with Crippen molar-refractivity contribution in [2.75, 3.05) is 11.3 Å². The van der Waals surface area contributed by atoms with E-state index >= 15 is 0 Å². The standard InChI is InChI=1S/C17H17ClN4O3S/c18-13-6-8-14(9-7-13)22-26(24,25)15-4-1-3-12(11-15)17(23)21-20-16-5-2-10-19-16/h1,3-4,6-9,11,22H,2,5,10H2,(H,19,20)(H,21,23). The van der Waals surface area contributed by atoms with Gasteiger partial charge >= 0.3 is 0 Å². The molecule has 3 rings (SSSR count). The Kier molecular flexibility index (Phi) is 5.43. The lowest BCUT2D eigenvalue weighted by atomic mass is 10.2. The second-order valence-corrected chi connectivity index (χ2v) is 7.77. The quantitative estimate of drug-likeness (QED) is 0.696. The topological polar surface area (TPSA) is 99.7 Å². The number of nitrogens with one attached hydrogen (secondary N) is 3. The lowest BCUT2D eigenvalue weighted by Gasteiger charge is -2.11. The number of carbonyl (C=O) groups excluding carboxylic acids is 1. The number of carbonyl (C=O) groups is 1. The van der Waals surface area contributed by atoms with Gasteiger partial charge in [0, 0.05) is 29.2 Å². The molecule has 136 valence electrons. The first-order chi connectivity index (χ1) is 12.4. The maximum Gasteiger partial charge on any atom is 0.269 e.